The van der Waals surface area contributed by atoms with Crippen molar-refractivity contribution in [1.82, 2.24) is 0 Å². The summed E-state index contributed by atoms with van der Waals surface area (Å²) in [5.74, 6) is -2.29. The fraction of sp³-hybridized carbons (Fsp3) is 0.583. The molecule has 1 aromatic carbocycles. The predicted molar refractivity (Wildman–Crippen MR) is 118 cm³/mol. The summed E-state index contributed by atoms with van der Waals surface area (Å²) in [4.78, 5) is 46.9. The molecule has 1 saturated heterocycles. The Labute approximate surface area is 198 Å². The Morgan fingerprint density at radius 1 is 0.765 bits per heavy atom. The SMILES string of the molecule is CC(=O)OC[C@H]1O[C@@H](Oc2ccc(C(C)(C)C)cc2)[C@H](OC(C)=O)[C@@H](OC(C)=O)[C@@H]1OC(C)=O. The third-order valence-electron chi connectivity index (χ3n) is 4.92. The largest absolute Gasteiger partial charge is 0.463 e. The van der Waals surface area contributed by atoms with Crippen LogP contribution in [0.3, 0.4) is 0 Å². The van der Waals surface area contributed by atoms with Gasteiger partial charge in [0, 0.05) is 27.7 Å². The normalized spacial score (nSPS) is 24.5. The molecule has 1 aliphatic rings. The van der Waals surface area contributed by atoms with Crippen LogP contribution in [0.15, 0.2) is 24.3 Å². The van der Waals surface area contributed by atoms with Gasteiger partial charge in [0.1, 0.15) is 18.5 Å². The molecule has 0 aromatic heterocycles. The molecule has 1 aromatic rings. The van der Waals surface area contributed by atoms with Crippen molar-refractivity contribution in [3.05, 3.63) is 29.8 Å². The first-order valence-electron chi connectivity index (χ1n) is 10.9. The van der Waals surface area contributed by atoms with Crippen molar-refractivity contribution in [3.8, 4) is 5.75 Å². The van der Waals surface area contributed by atoms with E-state index in [0.717, 1.165) is 19.4 Å². The lowest BCUT2D eigenvalue weighted by Crippen LogP contribution is -2.63. The summed E-state index contributed by atoms with van der Waals surface area (Å²) in [6.07, 6.45) is -6.11. The quantitative estimate of drug-likeness (QED) is 0.424. The highest BCUT2D eigenvalue weighted by molar-refractivity contribution is 5.68. The zero-order chi connectivity index (χ0) is 25.6. The molecule has 188 valence electrons. The Balaban J connectivity index is 2.43. The van der Waals surface area contributed by atoms with Crippen molar-refractivity contribution >= 4 is 23.9 Å². The summed E-state index contributed by atoms with van der Waals surface area (Å²) >= 11 is 0. The average molecular weight is 481 g/mol. The van der Waals surface area contributed by atoms with Gasteiger partial charge in [0.05, 0.1) is 0 Å². The molecule has 1 fully saturated rings. The van der Waals surface area contributed by atoms with E-state index in [-0.39, 0.29) is 12.0 Å². The van der Waals surface area contributed by atoms with Crippen LogP contribution < -0.4 is 4.74 Å². The van der Waals surface area contributed by atoms with Crippen molar-refractivity contribution in [2.24, 2.45) is 0 Å². The lowest BCUT2D eigenvalue weighted by Gasteiger charge is -2.43. The van der Waals surface area contributed by atoms with Crippen LogP contribution in [0, 0.1) is 0 Å². The van der Waals surface area contributed by atoms with Gasteiger partial charge < -0.3 is 28.4 Å². The van der Waals surface area contributed by atoms with Gasteiger partial charge in [-0.2, -0.15) is 0 Å². The number of ether oxygens (including phenoxy) is 6. The lowest BCUT2D eigenvalue weighted by molar-refractivity contribution is -0.288. The first-order valence-corrected chi connectivity index (χ1v) is 10.9. The number of carbonyl (C=O) groups excluding carboxylic acids is 4. The maximum atomic E-state index is 11.9. The minimum Gasteiger partial charge on any atom is -0.463 e. The van der Waals surface area contributed by atoms with Gasteiger partial charge in [-0.15, -0.1) is 0 Å². The molecule has 0 amide bonds. The third kappa shape index (κ3) is 7.72. The highest BCUT2D eigenvalue weighted by atomic mass is 16.7. The Morgan fingerprint density at radius 2 is 1.26 bits per heavy atom. The number of hydrogen-bond acceptors (Lipinski definition) is 10. The molecule has 0 spiro atoms. The van der Waals surface area contributed by atoms with Gasteiger partial charge in [-0.25, -0.2) is 0 Å². The Kier molecular flexibility index (Phi) is 9.03. The smallest absolute Gasteiger partial charge is 0.303 e. The minimum absolute atomic E-state index is 0.0764. The zero-order valence-corrected chi connectivity index (χ0v) is 20.5. The maximum absolute atomic E-state index is 11.9. The standard InChI is InChI=1S/C24H32O10/c1-13(25)29-12-19-20(30-14(2)26)21(31-15(3)27)22(32-16(4)28)23(34-19)33-18-10-8-17(9-11-18)24(5,6)7/h8-11,19-23H,12H2,1-7H3/t19-,20-,21+,22-,23-/m1/s1. The van der Waals surface area contributed by atoms with Crippen LogP contribution in [0.1, 0.15) is 54.0 Å². The number of esters is 4. The van der Waals surface area contributed by atoms with Crippen molar-refractivity contribution in [3.63, 3.8) is 0 Å². The molecule has 5 atom stereocenters. The van der Waals surface area contributed by atoms with E-state index < -0.39 is 54.6 Å². The highest BCUT2D eigenvalue weighted by Gasteiger charge is 2.53. The summed E-state index contributed by atoms with van der Waals surface area (Å²) in [5.41, 5.74) is 0.994. The zero-order valence-electron chi connectivity index (χ0n) is 20.5. The molecule has 34 heavy (non-hydrogen) atoms. The van der Waals surface area contributed by atoms with Gasteiger partial charge in [-0.1, -0.05) is 32.9 Å². The fourth-order valence-corrected chi connectivity index (χ4v) is 3.45. The second-order valence-electron chi connectivity index (χ2n) is 8.96. The van der Waals surface area contributed by atoms with Crippen LogP contribution >= 0.6 is 0 Å². The number of rotatable bonds is 7. The first kappa shape index (κ1) is 27.1. The summed E-state index contributed by atoms with van der Waals surface area (Å²) in [7, 11) is 0. The number of benzene rings is 1. The van der Waals surface area contributed by atoms with Crippen LogP contribution in [0.5, 0.6) is 5.75 Å². The van der Waals surface area contributed by atoms with Crippen LogP contribution in [-0.2, 0) is 48.3 Å². The molecule has 2 rings (SSSR count). The number of carbonyl (C=O) groups is 4. The molecule has 10 nitrogen and oxygen atoms in total. The molecule has 1 heterocycles. The molecule has 0 unspecified atom stereocenters. The minimum atomic E-state index is -1.28. The predicted octanol–water partition coefficient (Wildman–Crippen LogP) is 2.45. The summed E-state index contributed by atoms with van der Waals surface area (Å²) in [5, 5.41) is 0. The molecule has 0 aliphatic carbocycles. The second-order valence-corrected chi connectivity index (χ2v) is 8.96. The van der Waals surface area contributed by atoms with Crippen molar-refractivity contribution in [2.45, 2.75) is 84.6 Å². The van der Waals surface area contributed by atoms with E-state index in [9.17, 15) is 19.2 Å². The molecule has 0 radical (unpaired) electrons. The van der Waals surface area contributed by atoms with Gasteiger partial charge in [0.15, 0.2) is 12.2 Å². The van der Waals surface area contributed by atoms with Crippen molar-refractivity contribution in [2.75, 3.05) is 6.61 Å². The Bertz CT molecular complexity index is 886. The Morgan fingerprint density at radius 3 is 1.74 bits per heavy atom. The van der Waals surface area contributed by atoms with Crippen LogP contribution in [-0.4, -0.2) is 61.2 Å². The lowest BCUT2D eigenvalue weighted by atomic mass is 9.87. The average Bonchev–Trinajstić information content (AvgIpc) is 2.69. The van der Waals surface area contributed by atoms with Crippen LogP contribution in [0.4, 0.5) is 0 Å². The van der Waals surface area contributed by atoms with Gasteiger partial charge in [0.2, 0.25) is 12.4 Å². The van der Waals surface area contributed by atoms with E-state index in [1.54, 1.807) is 12.1 Å². The topological polar surface area (TPSA) is 124 Å². The van der Waals surface area contributed by atoms with E-state index in [1.165, 1.54) is 13.8 Å². The van der Waals surface area contributed by atoms with Crippen molar-refractivity contribution < 1.29 is 47.6 Å². The summed E-state index contributed by atoms with van der Waals surface area (Å²) in [6, 6.07) is 7.24. The van der Waals surface area contributed by atoms with Gasteiger partial charge in [0.25, 0.3) is 0 Å². The monoisotopic (exact) mass is 480 g/mol. The van der Waals surface area contributed by atoms with Crippen LogP contribution in [0.25, 0.3) is 0 Å². The molecule has 10 heteroatoms. The first-order chi connectivity index (χ1) is 15.8. The van der Waals surface area contributed by atoms with E-state index in [1.807, 2.05) is 12.1 Å². The van der Waals surface area contributed by atoms with Crippen LogP contribution in [0.2, 0.25) is 0 Å². The molecule has 0 saturated carbocycles. The van der Waals surface area contributed by atoms with Gasteiger partial charge in [-0.05, 0) is 23.1 Å². The van der Waals surface area contributed by atoms with E-state index in [4.69, 9.17) is 28.4 Å². The molecule has 0 bridgehead atoms. The molecular formula is C24H32O10. The molecule has 0 N–H and O–H groups in total. The summed E-state index contributed by atoms with van der Waals surface area (Å²) in [6.45, 7) is 10.6. The van der Waals surface area contributed by atoms with Gasteiger partial charge >= 0.3 is 23.9 Å². The molecular weight excluding hydrogens is 448 g/mol. The maximum Gasteiger partial charge on any atom is 0.303 e. The second kappa shape index (κ2) is 11.3. The van der Waals surface area contributed by atoms with E-state index in [2.05, 4.69) is 20.8 Å². The summed E-state index contributed by atoms with van der Waals surface area (Å²) < 4.78 is 33.1. The van der Waals surface area contributed by atoms with Crippen molar-refractivity contribution in [1.29, 1.82) is 0 Å². The molecule has 1 aliphatic heterocycles. The third-order valence-corrected chi connectivity index (χ3v) is 4.92. The number of hydrogen-bond donors (Lipinski definition) is 0. The Hall–Kier alpha value is -3.14. The van der Waals surface area contributed by atoms with E-state index >= 15 is 0 Å². The highest BCUT2D eigenvalue weighted by Crippen LogP contribution is 2.32. The fourth-order valence-electron chi connectivity index (χ4n) is 3.45. The van der Waals surface area contributed by atoms with E-state index in [0.29, 0.717) is 5.75 Å². The van der Waals surface area contributed by atoms with Gasteiger partial charge in [-0.3, -0.25) is 19.2 Å².